The first-order valence-electron chi connectivity index (χ1n) is 6.02. The predicted molar refractivity (Wildman–Crippen MR) is 71.6 cm³/mol. The Bertz CT molecular complexity index is 554. The third-order valence-corrected chi connectivity index (χ3v) is 2.89. The van der Waals surface area contributed by atoms with E-state index in [4.69, 9.17) is 5.11 Å². The summed E-state index contributed by atoms with van der Waals surface area (Å²) >= 11 is 0. The highest BCUT2D eigenvalue weighted by Crippen LogP contribution is 2.19. The molecule has 1 atom stereocenters. The summed E-state index contributed by atoms with van der Waals surface area (Å²) in [6, 6.07) is 2.99. The van der Waals surface area contributed by atoms with E-state index in [9.17, 15) is 19.7 Å². The predicted octanol–water partition coefficient (Wildman–Crippen LogP) is 1.74. The van der Waals surface area contributed by atoms with Crippen molar-refractivity contribution in [3.63, 3.8) is 0 Å². The van der Waals surface area contributed by atoms with Gasteiger partial charge in [-0.15, -0.1) is 0 Å². The molecule has 1 amide bonds. The monoisotopic (exact) mass is 280 g/mol. The molecular weight excluding hydrogens is 264 g/mol. The molecule has 0 spiro atoms. The smallest absolute Gasteiger partial charge is 0.326 e. The average Bonchev–Trinajstić information content (AvgIpc) is 2.34. The lowest BCUT2D eigenvalue weighted by atomic mass is 10.0. The summed E-state index contributed by atoms with van der Waals surface area (Å²) in [4.78, 5) is 33.2. The number of benzene rings is 1. The molecule has 1 aromatic rings. The van der Waals surface area contributed by atoms with Gasteiger partial charge in [0.15, 0.2) is 0 Å². The van der Waals surface area contributed by atoms with Gasteiger partial charge >= 0.3 is 5.97 Å². The summed E-state index contributed by atoms with van der Waals surface area (Å²) in [5.74, 6) is -2.08. The number of carbonyl (C=O) groups is 2. The Hall–Kier alpha value is -2.44. The molecule has 0 bridgehead atoms. The lowest BCUT2D eigenvalue weighted by Gasteiger charge is -2.17. The Morgan fingerprint density at radius 2 is 1.95 bits per heavy atom. The number of hydrogen-bond acceptors (Lipinski definition) is 4. The highest BCUT2D eigenvalue weighted by atomic mass is 16.6. The van der Waals surface area contributed by atoms with Crippen LogP contribution in [0, 0.1) is 23.0 Å². The molecule has 1 rings (SSSR count). The lowest BCUT2D eigenvalue weighted by molar-refractivity contribution is -0.385. The molecule has 0 saturated heterocycles. The number of aliphatic carboxylic acids is 1. The fourth-order valence-electron chi connectivity index (χ4n) is 1.69. The number of aryl methyl sites for hydroxylation is 1. The van der Waals surface area contributed by atoms with Gasteiger partial charge in [0.1, 0.15) is 6.04 Å². The summed E-state index contributed by atoms with van der Waals surface area (Å²) in [6.45, 7) is 4.89. The molecule has 0 fully saturated rings. The maximum absolute atomic E-state index is 12.0. The van der Waals surface area contributed by atoms with Gasteiger partial charge in [-0.3, -0.25) is 14.9 Å². The molecule has 2 N–H and O–H groups in total. The summed E-state index contributed by atoms with van der Waals surface area (Å²) in [5.41, 5.74) is 0.327. The Kier molecular flexibility index (Phi) is 4.79. The zero-order valence-electron chi connectivity index (χ0n) is 11.4. The first kappa shape index (κ1) is 15.6. The van der Waals surface area contributed by atoms with Crippen LogP contribution in [0.3, 0.4) is 0 Å². The van der Waals surface area contributed by atoms with Crippen molar-refractivity contribution in [1.82, 2.24) is 5.32 Å². The normalized spacial score (nSPS) is 12.0. The summed E-state index contributed by atoms with van der Waals surface area (Å²) in [7, 11) is 0. The van der Waals surface area contributed by atoms with Crippen LogP contribution in [0.25, 0.3) is 0 Å². The van der Waals surface area contributed by atoms with Crippen molar-refractivity contribution in [3.05, 3.63) is 39.4 Å². The first-order valence-corrected chi connectivity index (χ1v) is 6.02. The van der Waals surface area contributed by atoms with E-state index in [1.165, 1.54) is 12.1 Å². The third kappa shape index (κ3) is 3.53. The third-order valence-electron chi connectivity index (χ3n) is 2.89. The number of hydrogen-bond donors (Lipinski definition) is 2. The molecule has 1 unspecified atom stereocenters. The van der Waals surface area contributed by atoms with Crippen LogP contribution >= 0.6 is 0 Å². The quantitative estimate of drug-likeness (QED) is 0.630. The van der Waals surface area contributed by atoms with E-state index in [1.807, 2.05) is 0 Å². The molecule has 108 valence electrons. The van der Waals surface area contributed by atoms with E-state index < -0.39 is 22.8 Å². The number of amides is 1. The van der Waals surface area contributed by atoms with Crippen LogP contribution in [-0.4, -0.2) is 27.9 Å². The van der Waals surface area contributed by atoms with Crippen LogP contribution in [0.15, 0.2) is 18.2 Å². The van der Waals surface area contributed by atoms with Crippen LogP contribution in [0.1, 0.15) is 29.8 Å². The minimum Gasteiger partial charge on any atom is -0.480 e. The Morgan fingerprint density at radius 1 is 1.35 bits per heavy atom. The van der Waals surface area contributed by atoms with E-state index >= 15 is 0 Å². The van der Waals surface area contributed by atoms with Crippen molar-refractivity contribution < 1.29 is 19.6 Å². The Labute approximate surface area is 115 Å². The van der Waals surface area contributed by atoms with E-state index in [1.54, 1.807) is 20.8 Å². The van der Waals surface area contributed by atoms with E-state index in [-0.39, 0.29) is 17.2 Å². The van der Waals surface area contributed by atoms with Crippen molar-refractivity contribution in [1.29, 1.82) is 0 Å². The van der Waals surface area contributed by atoms with E-state index in [2.05, 4.69) is 5.32 Å². The topological polar surface area (TPSA) is 110 Å². The summed E-state index contributed by atoms with van der Waals surface area (Å²) < 4.78 is 0. The zero-order valence-corrected chi connectivity index (χ0v) is 11.4. The Balaban J connectivity index is 3.01. The molecule has 0 saturated carbocycles. The van der Waals surface area contributed by atoms with Crippen LogP contribution in [0.4, 0.5) is 5.69 Å². The van der Waals surface area contributed by atoms with Gasteiger partial charge in [-0.25, -0.2) is 4.79 Å². The molecule has 7 heteroatoms. The molecule has 0 radical (unpaired) electrons. The number of nitrogens with one attached hydrogen (secondary N) is 1. The minimum atomic E-state index is -1.14. The second-order valence-electron chi connectivity index (χ2n) is 4.79. The molecule has 20 heavy (non-hydrogen) atoms. The fraction of sp³-hybridized carbons (Fsp3) is 0.385. The van der Waals surface area contributed by atoms with E-state index in [0.29, 0.717) is 5.56 Å². The maximum Gasteiger partial charge on any atom is 0.326 e. The number of rotatable bonds is 5. The fourth-order valence-corrected chi connectivity index (χ4v) is 1.69. The van der Waals surface area contributed by atoms with Gasteiger partial charge in [-0.05, 0) is 18.9 Å². The van der Waals surface area contributed by atoms with Gasteiger partial charge in [0.25, 0.3) is 11.6 Å². The number of carboxylic acid groups (broad SMARTS) is 1. The molecule has 0 aromatic heterocycles. The van der Waals surface area contributed by atoms with Crippen LogP contribution in [0.5, 0.6) is 0 Å². The maximum atomic E-state index is 12.0. The Morgan fingerprint density at radius 3 is 2.40 bits per heavy atom. The number of nitrogens with zero attached hydrogens (tertiary/aromatic N) is 1. The molecule has 0 aliphatic heterocycles. The van der Waals surface area contributed by atoms with Gasteiger partial charge in [0.05, 0.1) is 4.92 Å². The summed E-state index contributed by atoms with van der Waals surface area (Å²) in [6.07, 6.45) is 0. The lowest BCUT2D eigenvalue weighted by Crippen LogP contribution is -2.44. The van der Waals surface area contributed by atoms with Gasteiger partial charge in [-0.1, -0.05) is 19.9 Å². The van der Waals surface area contributed by atoms with Gasteiger partial charge in [0, 0.05) is 17.2 Å². The average molecular weight is 280 g/mol. The molecule has 0 aliphatic carbocycles. The van der Waals surface area contributed by atoms with Gasteiger partial charge < -0.3 is 10.4 Å². The highest BCUT2D eigenvalue weighted by molar-refractivity contribution is 5.97. The highest BCUT2D eigenvalue weighted by Gasteiger charge is 2.24. The standard InChI is InChI=1S/C13H16N2O5/c1-7(2)11(13(17)18)14-12(16)9-5-4-8(3)10(6-9)15(19)20/h4-7,11H,1-3H3,(H,14,16)(H,17,18). The summed E-state index contributed by atoms with van der Waals surface area (Å²) in [5, 5.41) is 22.2. The molecule has 0 aliphatic rings. The van der Waals surface area contributed by atoms with Crippen molar-refractivity contribution in [2.75, 3.05) is 0 Å². The van der Waals surface area contributed by atoms with E-state index in [0.717, 1.165) is 6.07 Å². The van der Waals surface area contributed by atoms with Crippen molar-refractivity contribution in [2.24, 2.45) is 5.92 Å². The number of nitro benzene ring substituents is 1. The number of carbonyl (C=O) groups excluding carboxylic acids is 1. The number of nitro groups is 1. The molecular formula is C13H16N2O5. The SMILES string of the molecule is Cc1ccc(C(=O)NC(C(=O)O)C(C)C)cc1[N+](=O)[O-]. The second-order valence-corrected chi connectivity index (χ2v) is 4.79. The second kappa shape index (κ2) is 6.14. The van der Waals surface area contributed by atoms with Crippen LogP contribution < -0.4 is 5.32 Å². The minimum absolute atomic E-state index is 0.0641. The molecule has 0 heterocycles. The van der Waals surface area contributed by atoms with Gasteiger partial charge in [-0.2, -0.15) is 0 Å². The van der Waals surface area contributed by atoms with Crippen molar-refractivity contribution >= 4 is 17.6 Å². The van der Waals surface area contributed by atoms with Gasteiger partial charge in [0.2, 0.25) is 0 Å². The van der Waals surface area contributed by atoms with Crippen LogP contribution in [0.2, 0.25) is 0 Å². The number of carboxylic acids is 1. The van der Waals surface area contributed by atoms with Crippen LogP contribution in [-0.2, 0) is 4.79 Å². The first-order chi connectivity index (χ1) is 9.23. The van der Waals surface area contributed by atoms with Crippen molar-refractivity contribution in [3.8, 4) is 0 Å². The van der Waals surface area contributed by atoms with Crippen molar-refractivity contribution in [2.45, 2.75) is 26.8 Å². The molecule has 1 aromatic carbocycles. The largest absolute Gasteiger partial charge is 0.480 e. The molecule has 7 nitrogen and oxygen atoms in total. The zero-order chi connectivity index (χ0) is 15.4.